The molecule has 4 rings (SSSR count). The van der Waals surface area contributed by atoms with Crippen molar-refractivity contribution in [1.29, 1.82) is 0 Å². The molecule has 1 saturated heterocycles. The van der Waals surface area contributed by atoms with Crippen molar-refractivity contribution in [3.63, 3.8) is 0 Å². The van der Waals surface area contributed by atoms with Crippen molar-refractivity contribution in [2.45, 2.75) is 42.4 Å². The largest absolute Gasteiger partial charge is 0.454 e. The van der Waals surface area contributed by atoms with Gasteiger partial charge in [-0.1, -0.05) is 0 Å². The zero-order valence-electron chi connectivity index (χ0n) is 17.7. The van der Waals surface area contributed by atoms with Crippen molar-refractivity contribution in [3.05, 3.63) is 53.8 Å². The number of carbonyl (C=O) groups excluding carboxylic acids is 1. The van der Waals surface area contributed by atoms with Gasteiger partial charge in [0.2, 0.25) is 16.8 Å². The number of carbonyl (C=O) groups is 1. The van der Waals surface area contributed by atoms with Crippen molar-refractivity contribution in [3.8, 4) is 11.5 Å². The number of hydrogen-bond acceptors (Lipinski definition) is 7. The second-order valence-corrected chi connectivity index (χ2v) is 9.56. The second-order valence-electron chi connectivity index (χ2n) is 7.85. The number of aliphatic hydroxyl groups excluding tert-OH is 1. The highest BCUT2D eigenvalue weighted by atomic mass is 32.2. The minimum atomic E-state index is -3.88. The van der Waals surface area contributed by atoms with E-state index in [1.165, 1.54) is 12.1 Å². The van der Waals surface area contributed by atoms with E-state index in [1.54, 1.807) is 18.2 Å². The van der Waals surface area contributed by atoms with Gasteiger partial charge in [-0.3, -0.25) is 4.79 Å². The molecule has 2 heterocycles. The molecule has 33 heavy (non-hydrogen) atoms. The van der Waals surface area contributed by atoms with Gasteiger partial charge in [-0.25, -0.2) is 17.5 Å². The fourth-order valence-corrected chi connectivity index (χ4v) is 5.15. The van der Waals surface area contributed by atoms with Crippen LogP contribution in [-0.2, 0) is 14.8 Å². The van der Waals surface area contributed by atoms with Crippen LogP contribution in [0.1, 0.15) is 29.6 Å². The minimum absolute atomic E-state index is 0.0612. The average molecular weight is 481 g/mol. The van der Waals surface area contributed by atoms with E-state index in [1.807, 2.05) is 0 Å². The standard InChI is InChI=1S/C22H25FN2O7S/c23-15-2-5-17(6-3-15)33(28,29)25-18-7-4-16(32-21(18)12-26)9-10-24-22(27)14-1-8-19-20(11-14)31-13-30-19/h1-3,5-6,8,11,16,18,21,25-26H,4,7,9-10,12-13H2,(H,24,27)/t16-,18-,21+/m1/s1. The summed E-state index contributed by atoms with van der Waals surface area (Å²) >= 11 is 0. The maximum Gasteiger partial charge on any atom is 0.251 e. The first kappa shape index (κ1) is 23.4. The lowest BCUT2D eigenvalue weighted by Crippen LogP contribution is -2.51. The van der Waals surface area contributed by atoms with Gasteiger partial charge in [0.15, 0.2) is 11.5 Å². The van der Waals surface area contributed by atoms with Crippen LogP contribution in [-0.4, -0.2) is 57.6 Å². The fourth-order valence-electron chi connectivity index (χ4n) is 3.85. The van der Waals surface area contributed by atoms with Crippen LogP contribution in [0.25, 0.3) is 0 Å². The van der Waals surface area contributed by atoms with Gasteiger partial charge in [0.1, 0.15) is 5.82 Å². The minimum Gasteiger partial charge on any atom is -0.454 e. The molecule has 3 atom stereocenters. The number of fused-ring (bicyclic) bond motifs is 1. The molecule has 1 fully saturated rings. The van der Waals surface area contributed by atoms with E-state index in [0.29, 0.717) is 42.9 Å². The lowest BCUT2D eigenvalue weighted by Gasteiger charge is -2.36. The highest BCUT2D eigenvalue weighted by molar-refractivity contribution is 7.89. The topological polar surface area (TPSA) is 123 Å². The summed E-state index contributed by atoms with van der Waals surface area (Å²) in [7, 11) is -3.88. The predicted molar refractivity (Wildman–Crippen MR) is 115 cm³/mol. The van der Waals surface area contributed by atoms with Gasteiger partial charge in [-0.15, -0.1) is 0 Å². The van der Waals surface area contributed by atoms with Gasteiger partial charge in [0.25, 0.3) is 5.91 Å². The number of hydrogen-bond donors (Lipinski definition) is 3. The number of aliphatic hydroxyl groups is 1. The molecule has 178 valence electrons. The molecule has 0 bridgehead atoms. The Morgan fingerprint density at radius 3 is 2.61 bits per heavy atom. The summed E-state index contributed by atoms with van der Waals surface area (Å²) < 4.78 is 57.2. The molecule has 2 aromatic rings. The Morgan fingerprint density at radius 2 is 1.85 bits per heavy atom. The first-order valence-electron chi connectivity index (χ1n) is 10.6. The van der Waals surface area contributed by atoms with Crippen molar-refractivity contribution < 1.29 is 36.9 Å². The fraction of sp³-hybridized carbons (Fsp3) is 0.409. The Kier molecular flexibility index (Phi) is 7.13. The molecular formula is C22H25FN2O7S. The first-order valence-corrected chi connectivity index (χ1v) is 12.1. The molecule has 0 radical (unpaired) electrons. The van der Waals surface area contributed by atoms with Gasteiger partial charge >= 0.3 is 0 Å². The molecule has 9 nitrogen and oxygen atoms in total. The van der Waals surface area contributed by atoms with Crippen LogP contribution in [0.3, 0.4) is 0 Å². The zero-order valence-corrected chi connectivity index (χ0v) is 18.5. The molecule has 2 aromatic carbocycles. The Bertz CT molecular complexity index is 1090. The van der Waals surface area contributed by atoms with Gasteiger partial charge < -0.3 is 24.6 Å². The highest BCUT2D eigenvalue weighted by Crippen LogP contribution is 2.32. The quantitative estimate of drug-likeness (QED) is 0.524. The average Bonchev–Trinajstić information content (AvgIpc) is 3.28. The maximum atomic E-state index is 13.1. The van der Waals surface area contributed by atoms with Crippen LogP contribution < -0.4 is 19.5 Å². The molecule has 0 aliphatic carbocycles. The van der Waals surface area contributed by atoms with Gasteiger partial charge in [-0.2, -0.15) is 0 Å². The Balaban J connectivity index is 1.27. The van der Waals surface area contributed by atoms with Crippen molar-refractivity contribution in [2.24, 2.45) is 0 Å². The molecule has 11 heteroatoms. The monoisotopic (exact) mass is 480 g/mol. The number of ether oxygens (including phenoxy) is 3. The van der Waals surface area contributed by atoms with E-state index in [9.17, 15) is 22.7 Å². The van der Waals surface area contributed by atoms with Crippen molar-refractivity contribution in [2.75, 3.05) is 19.9 Å². The second kappa shape index (κ2) is 10.0. The Hall–Kier alpha value is -2.73. The van der Waals surface area contributed by atoms with Gasteiger partial charge in [0.05, 0.1) is 29.8 Å². The zero-order chi connectivity index (χ0) is 23.4. The smallest absolute Gasteiger partial charge is 0.251 e. The van der Waals surface area contributed by atoms with Crippen LogP contribution in [0.15, 0.2) is 47.4 Å². The summed E-state index contributed by atoms with van der Waals surface area (Å²) in [5.74, 6) is 0.337. The third-order valence-corrected chi connectivity index (χ3v) is 7.12. The van der Waals surface area contributed by atoms with Crippen LogP contribution in [0.4, 0.5) is 4.39 Å². The SMILES string of the molecule is O=C(NCC[C@H]1CC[C@@H](NS(=O)(=O)c2ccc(F)cc2)[C@H](CO)O1)c1ccc2c(c1)OCO2. The molecule has 2 aliphatic heterocycles. The van der Waals surface area contributed by atoms with E-state index in [2.05, 4.69) is 10.0 Å². The van der Waals surface area contributed by atoms with Crippen LogP contribution >= 0.6 is 0 Å². The molecule has 0 unspecified atom stereocenters. The van der Waals surface area contributed by atoms with Gasteiger partial charge in [-0.05, 0) is 61.7 Å². The molecule has 3 N–H and O–H groups in total. The molecular weight excluding hydrogens is 455 g/mol. The van der Waals surface area contributed by atoms with Crippen LogP contribution in [0.5, 0.6) is 11.5 Å². The van der Waals surface area contributed by atoms with Gasteiger partial charge in [0, 0.05) is 12.1 Å². The summed E-state index contributed by atoms with van der Waals surface area (Å²) in [5, 5.41) is 12.5. The number of amides is 1. The van der Waals surface area contributed by atoms with Crippen molar-refractivity contribution >= 4 is 15.9 Å². The predicted octanol–water partition coefficient (Wildman–Crippen LogP) is 1.56. The molecule has 2 aliphatic rings. The summed E-state index contributed by atoms with van der Waals surface area (Å²) in [6.45, 7) is 0.116. The first-order chi connectivity index (χ1) is 15.9. The molecule has 0 spiro atoms. The Labute approximate surface area is 190 Å². The summed E-state index contributed by atoms with van der Waals surface area (Å²) in [4.78, 5) is 12.3. The number of halogens is 1. The summed E-state index contributed by atoms with van der Waals surface area (Å²) in [5.41, 5.74) is 0.451. The third-order valence-electron chi connectivity index (χ3n) is 5.61. The van der Waals surface area contributed by atoms with Crippen LogP contribution in [0, 0.1) is 5.82 Å². The summed E-state index contributed by atoms with van der Waals surface area (Å²) in [6.07, 6.45) is 0.526. The number of rotatable bonds is 8. The van der Waals surface area contributed by atoms with Crippen molar-refractivity contribution in [1.82, 2.24) is 10.0 Å². The van der Waals surface area contributed by atoms with E-state index in [4.69, 9.17) is 14.2 Å². The van der Waals surface area contributed by atoms with E-state index < -0.39 is 28.0 Å². The molecule has 1 amide bonds. The van der Waals surface area contributed by atoms with Crippen LogP contribution in [0.2, 0.25) is 0 Å². The van der Waals surface area contributed by atoms with E-state index in [-0.39, 0.29) is 30.3 Å². The lowest BCUT2D eigenvalue weighted by atomic mass is 9.98. The summed E-state index contributed by atoms with van der Waals surface area (Å²) in [6, 6.07) is 8.84. The molecule has 0 aromatic heterocycles. The van der Waals surface area contributed by atoms with E-state index in [0.717, 1.165) is 12.1 Å². The molecule has 0 saturated carbocycles. The number of sulfonamides is 1. The third kappa shape index (κ3) is 5.61. The number of nitrogens with one attached hydrogen (secondary N) is 2. The maximum absolute atomic E-state index is 13.1. The Morgan fingerprint density at radius 1 is 1.09 bits per heavy atom. The normalized spacial score (nSPS) is 22.2. The highest BCUT2D eigenvalue weighted by Gasteiger charge is 2.34. The van der Waals surface area contributed by atoms with E-state index >= 15 is 0 Å². The lowest BCUT2D eigenvalue weighted by molar-refractivity contribution is -0.0871. The number of benzene rings is 2.